The lowest BCUT2D eigenvalue weighted by atomic mass is 10.0. The van der Waals surface area contributed by atoms with Crippen LogP contribution in [0.2, 0.25) is 0 Å². The molecule has 0 aliphatic rings. The van der Waals surface area contributed by atoms with Crippen LogP contribution in [0, 0.1) is 0 Å². The second kappa shape index (κ2) is 6.66. The molecule has 0 fully saturated rings. The molecule has 5 nitrogen and oxygen atoms in total. The Morgan fingerprint density at radius 2 is 2.00 bits per heavy atom. The highest BCUT2D eigenvalue weighted by Gasteiger charge is 2.15. The van der Waals surface area contributed by atoms with E-state index in [1.165, 1.54) is 0 Å². The molecule has 6 heteroatoms. The highest BCUT2D eigenvalue weighted by Crippen LogP contribution is 2.29. The number of carboxylic acids is 1. The number of rotatable bonds is 5. The zero-order valence-electron chi connectivity index (χ0n) is 12.4. The van der Waals surface area contributed by atoms with Gasteiger partial charge in [0.25, 0.3) is 5.22 Å². The molecule has 0 aliphatic heterocycles. The van der Waals surface area contributed by atoms with Crippen molar-refractivity contribution in [3.05, 3.63) is 58.8 Å². The SMILES string of the molecule is CCc1nnc(S/C(=C\c2cccc3ccccc23)C(=O)O)o1. The van der Waals surface area contributed by atoms with Crippen LogP contribution in [0.3, 0.4) is 0 Å². The molecule has 0 saturated carbocycles. The minimum atomic E-state index is -1.03. The molecule has 1 N–H and O–H groups in total. The molecule has 0 saturated heterocycles. The number of carbonyl (C=O) groups is 1. The lowest BCUT2D eigenvalue weighted by Crippen LogP contribution is -1.97. The third kappa shape index (κ3) is 3.43. The lowest BCUT2D eigenvalue weighted by Gasteiger charge is -2.03. The maximum Gasteiger partial charge on any atom is 0.342 e. The maximum atomic E-state index is 11.5. The molecule has 0 atom stereocenters. The number of aliphatic carboxylic acids is 1. The number of aromatic nitrogens is 2. The zero-order valence-corrected chi connectivity index (χ0v) is 13.2. The Bertz CT molecular complexity index is 881. The summed E-state index contributed by atoms with van der Waals surface area (Å²) in [5.74, 6) is -0.540. The van der Waals surface area contributed by atoms with Gasteiger partial charge >= 0.3 is 5.97 Å². The summed E-state index contributed by atoms with van der Waals surface area (Å²) >= 11 is 0.958. The van der Waals surface area contributed by atoms with E-state index in [9.17, 15) is 9.90 Å². The van der Waals surface area contributed by atoms with Gasteiger partial charge in [-0.15, -0.1) is 10.2 Å². The van der Waals surface area contributed by atoms with Crippen molar-refractivity contribution in [1.82, 2.24) is 10.2 Å². The summed E-state index contributed by atoms with van der Waals surface area (Å²) in [5, 5.41) is 19.4. The van der Waals surface area contributed by atoms with Crippen molar-refractivity contribution < 1.29 is 14.3 Å². The average Bonchev–Trinajstić information content (AvgIpc) is 3.02. The third-order valence-corrected chi connectivity index (χ3v) is 4.12. The molecule has 3 rings (SSSR count). The third-order valence-electron chi connectivity index (χ3n) is 3.27. The van der Waals surface area contributed by atoms with E-state index >= 15 is 0 Å². The van der Waals surface area contributed by atoms with Gasteiger partial charge in [-0.2, -0.15) is 0 Å². The molecule has 0 aliphatic carbocycles. The Kier molecular flexibility index (Phi) is 4.43. The van der Waals surface area contributed by atoms with Crippen LogP contribution in [0.1, 0.15) is 18.4 Å². The van der Waals surface area contributed by atoms with Gasteiger partial charge in [0.15, 0.2) is 0 Å². The number of carboxylic acid groups (broad SMARTS) is 1. The summed E-state index contributed by atoms with van der Waals surface area (Å²) in [6.45, 7) is 1.89. The highest BCUT2D eigenvalue weighted by molar-refractivity contribution is 8.03. The van der Waals surface area contributed by atoms with E-state index < -0.39 is 5.97 Å². The van der Waals surface area contributed by atoms with Gasteiger partial charge in [-0.25, -0.2) is 4.79 Å². The van der Waals surface area contributed by atoms with Crippen molar-refractivity contribution in [2.75, 3.05) is 0 Å². The highest BCUT2D eigenvalue weighted by atomic mass is 32.2. The number of nitrogens with zero attached hydrogens (tertiary/aromatic N) is 2. The molecule has 1 heterocycles. The Morgan fingerprint density at radius 1 is 1.22 bits per heavy atom. The number of hydrogen-bond acceptors (Lipinski definition) is 5. The second-order valence-corrected chi connectivity index (χ2v) is 5.79. The summed E-state index contributed by atoms with van der Waals surface area (Å²) in [6.07, 6.45) is 2.24. The molecule has 0 spiro atoms. The van der Waals surface area contributed by atoms with Gasteiger partial charge < -0.3 is 9.52 Å². The summed E-state index contributed by atoms with van der Waals surface area (Å²) in [6, 6.07) is 13.6. The predicted octanol–water partition coefficient (Wildman–Crippen LogP) is 4.00. The fourth-order valence-electron chi connectivity index (χ4n) is 2.17. The molecular weight excluding hydrogens is 312 g/mol. The van der Waals surface area contributed by atoms with Crippen molar-refractivity contribution in [3.63, 3.8) is 0 Å². The number of hydrogen-bond donors (Lipinski definition) is 1. The number of thioether (sulfide) groups is 1. The fourth-order valence-corrected chi connectivity index (χ4v) is 2.85. The van der Waals surface area contributed by atoms with Gasteiger partial charge in [0, 0.05) is 6.42 Å². The minimum absolute atomic E-state index is 0.132. The minimum Gasteiger partial charge on any atom is -0.477 e. The predicted molar refractivity (Wildman–Crippen MR) is 89.1 cm³/mol. The van der Waals surface area contributed by atoms with Gasteiger partial charge in [-0.3, -0.25) is 0 Å². The molecule has 0 amide bonds. The van der Waals surface area contributed by atoms with Crippen molar-refractivity contribution in [1.29, 1.82) is 0 Å². The summed E-state index contributed by atoms with van der Waals surface area (Å²) in [5.41, 5.74) is 0.836. The number of benzene rings is 2. The van der Waals surface area contributed by atoms with Crippen LogP contribution >= 0.6 is 11.8 Å². The first-order valence-corrected chi connectivity index (χ1v) is 7.92. The van der Waals surface area contributed by atoms with E-state index in [2.05, 4.69) is 10.2 Å². The zero-order chi connectivity index (χ0) is 16.2. The first kappa shape index (κ1) is 15.3. The van der Waals surface area contributed by atoms with Crippen molar-refractivity contribution in [3.8, 4) is 0 Å². The Balaban J connectivity index is 1.99. The van der Waals surface area contributed by atoms with Crippen LogP contribution in [0.5, 0.6) is 0 Å². The molecule has 0 radical (unpaired) electrons. The normalized spacial score (nSPS) is 11.8. The van der Waals surface area contributed by atoms with Crippen LogP contribution in [-0.2, 0) is 11.2 Å². The van der Waals surface area contributed by atoms with E-state index in [1.807, 2.05) is 49.4 Å². The van der Waals surface area contributed by atoms with E-state index in [-0.39, 0.29) is 10.1 Å². The topological polar surface area (TPSA) is 76.2 Å². The second-order valence-electron chi connectivity index (χ2n) is 4.80. The fraction of sp³-hybridized carbons (Fsp3) is 0.118. The van der Waals surface area contributed by atoms with Gasteiger partial charge in [0.2, 0.25) is 5.89 Å². The molecular formula is C17H14N2O3S. The molecule has 0 bridgehead atoms. The van der Waals surface area contributed by atoms with Crippen LogP contribution in [-0.4, -0.2) is 21.3 Å². The van der Waals surface area contributed by atoms with Gasteiger partial charge in [0.1, 0.15) is 4.91 Å². The van der Waals surface area contributed by atoms with E-state index in [1.54, 1.807) is 6.08 Å². The van der Waals surface area contributed by atoms with Crippen LogP contribution in [0.15, 0.2) is 57.0 Å². The summed E-state index contributed by atoms with van der Waals surface area (Å²) in [4.78, 5) is 11.7. The smallest absolute Gasteiger partial charge is 0.342 e. The Labute approximate surface area is 137 Å². The largest absolute Gasteiger partial charge is 0.477 e. The number of aryl methyl sites for hydroxylation is 1. The maximum absolute atomic E-state index is 11.5. The standard InChI is InChI=1S/C17H14N2O3S/c1-2-15-18-19-17(22-15)23-14(16(20)21)10-12-8-5-7-11-6-3-4-9-13(11)12/h3-10H,2H2,1H3,(H,20,21)/b14-10-. The first-order valence-electron chi connectivity index (χ1n) is 7.10. The van der Waals surface area contributed by atoms with Crippen LogP contribution < -0.4 is 0 Å². The van der Waals surface area contributed by atoms with E-state index in [0.717, 1.165) is 28.1 Å². The van der Waals surface area contributed by atoms with Crippen molar-refractivity contribution in [2.24, 2.45) is 0 Å². The molecule has 2 aromatic carbocycles. The molecule has 116 valence electrons. The monoisotopic (exact) mass is 326 g/mol. The molecule has 0 unspecified atom stereocenters. The first-order chi connectivity index (χ1) is 11.2. The van der Waals surface area contributed by atoms with Crippen molar-refractivity contribution in [2.45, 2.75) is 18.6 Å². The summed E-state index contributed by atoms with van der Waals surface area (Å²) in [7, 11) is 0. The molecule has 1 aromatic heterocycles. The molecule has 23 heavy (non-hydrogen) atoms. The average molecular weight is 326 g/mol. The lowest BCUT2D eigenvalue weighted by molar-refractivity contribution is -0.131. The van der Waals surface area contributed by atoms with Gasteiger partial charge in [-0.05, 0) is 34.2 Å². The van der Waals surface area contributed by atoms with Gasteiger partial charge in [-0.1, -0.05) is 49.4 Å². The summed E-state index contributed by atoms with van der Waals surface area (Å²) < 4.78 is 5.38. The number of fused-ring (bicyclic) bond motifs is 1. The van der Waals surface area contributed by atoms with Crippen molar-refractivity contribution >= 4 is 34.6 Å². The van der Waals surface area contributed by atoms with Gasteiger partial charge in [0.05, 0.1) is 0 Å². The Hall–Kier alpha value is -2.60. The Morgan fingerprint density at radius 3 is 2.74 bits per heavy atom. The van der Waals surface area contributed by atoms with Crippen LogP contribution in [0.25, 0.3) is 16.8 Å². The van der Waals surface area contributed by atoms with Crippen LogP contribution in [0.4, 0.5) is 0 Å². The molecule has 3 aromatic rings. The van der Waals surface area contributed by atoms with E-state index in [0.29, 0.717) is 12.3 Å². The van der Waals surface area contributed by atoms with E-state index in [4.69, 9.17) is 4.42 Å². The quantitative estimate of drug-likeness (QED) is 0.564.